The van der Waals surface area contributed by atoms with E-state index in [2.05, 4.69) is 12.2 Å². The first-order valence-corrected chi connectivity index (χ1v) is 8.04. The van der Waals surface area contributed by atoms with Gasteiger partial charge in [0.15, 0.2) is 0 Å². The Morgan fingerprint density at radius 2 is 2.19 bits per heavy atom. The predicted molar refractivity (Wildman–Crippen MR) is 92.7 cm³/mol. The molecule has 0 radical (unpaired) electrons. The van der Waals surface area contributed by atoms with E-state index in [9.17, 15) is 0 Å². The normalized spacial score (nSPS) is 15.9. The Labute approximate surface area is 130 Å². The van der Waals surface area contributed by atoms with E-state index in [0.717, 1.165) is 34.6 Å². The van der Waals surface area contributed by atoms with Gasteiger partial charge in [-0.1, -0.05) is 50.2 Å². The standard InChI is InChI=1S/C17H21N3S/c1-2-12(9-11-7-8-11)19-16-10-14(17(18)21)13-5-3-4-6-15(13)20-16/h3-6,10-12H,2,7-9H2,1H3,(H2,18,21)(H,19,20). The first-order chi connectivity index (χ1) is 10.2. The van der Waals surface area contributed by atoms with Crippen molar-refractivity contribution < 1.29 is 0 Å². The van der Waals surface area contributed by atoms with Crippen molar-refractivity contribution in [2.24, 2.45) is 11.7 Å². The lowest BCUT2D eigenvalue weighted by molar-refractivity contribution is 0.585. The number of fused-ring (bicyclic) bond motifs is 1. The quantitative estimate of drug-likeness (QED) is 0.795. The van der Waals surface area contributed by atoms with Crippen LogP contribution < -0.4 is 11.1 Å². The van der Waals surface area contributed by atoms with E-state index in [4.69, 9.17) is 22.9 Å². The SMILES string of the molecule is CCC(CC1CC1)Nc1cc(C(N)=S)c2ccccc2n1. The molecule has 3 rings (SSSR count). The minimum atomic E-state index is 0.423. The smallest absolute Gasteiger partial charge is 0.127 e. The number of thiocarbonyl (C=S) groups is 1. The third-order valence-corrected chi connectivity index (χ3v) is 4.36. The number of anilines is 1. The van der Waals surface area contributed by atoms with Crippen molar-refractivity contribution in [2.75, 3.05) is 5.32 Å². The number of para-hydroxylation sites is 1. The van der Waals surface area contributed by atoms with Crippen LogP contribution in [0.4, 0.5) is 5.82 Å². The van der Waals surface area contributed by atoms with Gasteiger partial charge < -0.3 is 11.1 Å². The van der Waals surface area contributed by atoms with Gasteiger partial charge in [0.05, 0.1) is 5.52 Å². The van der Waals surface area contributed by atoms with Crippen LogP contribution in [0, 0.1) is 5.92 Å². The maximum absolute atomic E-state index is 5.88. The molecule has 1 aromatic heterocycles. The summed E-state index contributed by atoms with van der Waals surface area (Å²) in [6.07, 6.45) is 5.09. The van der Waals surface area contributed by atoms with Gasteiger partial charge in [-0.05, 0) is 30.9 Å². The predicted octanol–water partition coefficient (Wildman–Crippen LogP) is 3.86. The number of benzene rings is 1. The highest BCUT2D eigenvalue weighted by Crippen LogP contribution is 2.35. The molecule has 1 heterocycles. The Hall–Kier alpha value is -1.68. The summed E-state index contributed by atoms with van der Waals surface area (Å²) in [4.78, 5) is 5.13. The third-order valence-electron chi connectivity index (χ3n) is 4.14. The summed E-state index contributed by atoms with van der Waals surface area (Å²) in [6.45, 7) is 2.22. The first-order valence-electron chi connectivity index (χ1n) is 7.63. The first kappa shape index (κ1) is 14.3. The summed E-state index contributed by atoms with van der Waals surface area (Å²) < 4.78 is 0. The summed E-state index contributed by atoms with van der Waals surface area (Å²) >= 11 is 5.19. The lowest BCUT2D eigenvalue weighted by atomic mass is 10.1. The topological polar surface area (TPSA) is 50.9 Å². The molecule has 2 aromatic rings. The van der Waals surface area contributed by atoms with Gasteiger partial charge in [0.25, 0.3) is 0 Å². The third kappa shape index (κ3) is 3.32. The number of nitrogens with zero attached hydrogens (tertiary/aromatic N) is 1. The highest BCUT2D eigenvalue weighted by Gasteiger charge is 2.25. The number of hydrogen-bond donors (Lipinski definition) is 2. The molecule has 21 heavy (non-hydrogen) atoms. The van der Waals surface area contributed by atoms with Crippen LogP contribution >= 0.6 is 12.2 Å². The average molecular weight is 299 g/mol. The van der Waals surface area contributed by atoms with Crippen molar-refractivity contribution in [2.45, 2.75) is 38.6 Å². The summed E-state index contributed by atoms with van der Waals surface area (Å²) in [5.74, 6) is 1.78. The maximum atomic E-state index is 5.88. The van der Waals surface area contributed by atoms with Crippen molar-refractivity contribution in [3.8, 4) is 0 Å². The maximum Gasteiger partial charge on any atom is 0.127 e. The molecule has 1 aromatic carbocycles. The van der Waals surface area contributed by atoms with Crippen molar-refractivity contribution in [3.05, 3.63) is 35.9 Å². The fraction of sp³-hybridized carbons (Fsp3) is 0.412. The molecular weight excluding hydrogens is 278 g/mol. The van der Waals surface area contributed by atoms with E-state index in [1.165, 1.54) is 19.3 Å². The Bertz CT molecular complexity index is 664. The summed E-state index contributed by atoms with van der Waals surface area (Å²) in [7, 11) is 0. The molecule has 3 nitrogen and oxygen atoms in total. The average Bonchev–Trinajstić information content (AvgIpc) is 3.29. The molecule has 110 valence electrons. The Kier molecular flexibility index (Phi) is 4.06. The molecule has 1 aliphatic rings. The minimum Gasteiger partial charge on any atom is -0.389 e. The molecule has 0 saturated heterocycles. The van der Waals surface area contributed by atoms with Gasteiger partial charge in [0.2, 0.25) is 0 Å². The van der Waals surface area contributed by atoms with Crippen LogP contribution in [0.25, 0.3) is 10.9 Å². The van der Waals surface area contributed by atoms with E-state index < -0.39 is 0 Å². The molecule has 4 heteroatoms. The van der Waals surface area contributed by atoms with E-state index in [1.54, 1.807) is 0 Å². The van der Waals surface area contributed by atoms with E-state index in [0.29, 0.717) is 11.0 Å². The van der Waals surface area contributed by atoms with Gasteiger partial charge in [0, 0.05) is 17.0 Å². The number of aromatic nitrogens is 1. The molecule has 0 aliphatic heterocycles. The molecule has 0 amide bonds. The monoisotopic (exact) mass is 299 g/mol. The highest BCUT2D eigenvalue weighted by atomic mass is 32.1. The van der Waals surface area contributed by atoms with Crippen LogP contribution in [-0.2, 0) is 0 Å². The molecular formula is C17H21N3S. The molecule has 1 unspecified atom stereocenters. The zero-order valence-corrected chi connectivity index (χ0v) is 13.1. The van der Waals surface area contributed by atoms with Crippen molar-refractivity contribution in [3.63, 3.8) is 0 Å². The Morgan fingerprint density at radius 3 is 2.86 bits per heavy atom. The van der Waals surface area contributed by atoms with E-state index in [1.807, 2.05) is 30.3 Å². The van der Waals surface area contributed by atoms with E-state index in [-0.39, 0.29) is 0 Å². The van der Waals surface area contributed by atoms with Crippen LogP contribution in [0.15, 0.2) is 30.3 Å². The summed E-state index contributed by atoms with van der Waals surface area (Å²) in [6, 6.07) is 10.5. The van der Waals surface area contributed by atoms with Gasteiger partial charge in [-0.2, -0.15) is 0 Å². The molecule has 0 spiro atoms. The summed E-state index contributed by atoms with van der Waals surface area (Å²) in [5.41, 5.74) is 7.72. The number of pyridine rings is 1. The summed E-state index contributed by atoms with van der Waals surface area (Å²) in [5, 5.41) is 4.58. The van der Waals surface area contributed by atoms with Crippen molar-refractivity contribution in [1.29, 1.82) is 0 Å². The number of rotatable bonds is 6. The largest absolute Gasteiger partial charge is 0.389 e. The molecule has 1 atom stereocenters. The lowest BCUT2D eigenvalue weighted by Gasteiger charge is -2.18. The number of hydrogen-bond acceptors (Lipinski definition) is 3. The lowest BCUT2D eigenvalue weighted by Crippen LogP contribution is -2.20. The molecule has 1 aliphatic carbocycles. The number of nitrogens with two attached hydrogens (primary N) is 1. The van der Waals surface area contributed by atoms with E-state index >= 15 is 0 Å². The fourth-order valence-electron chi connectivity index (χ4n) is 2.75. The van der Waals surface area contributed by atoms with Crippen LogP contribution in [0.3, 0.4) is 0 Å². The minimum absolute atomic E-state index is 0.423. The second kappa shape index (κ2) is 5.98. The molecule has 3 N–H and O–H groups in total. The van der Waals surface area contributed by atoms with Crippen LogP contribution in [-0.4, -0.2) is 16.0 Å². The second-order valence-corrected chi connectivity index (χ2v) is 6.30. The highest BCUT2D eigenvalue weighted by molar-refractivity contribution is 7.80. The van der Waals surface area contributed by atoms with Crippen LogP contribution in [0.5, 0.6) is 0 Å². The molecule has 1 fully saturated rings. The zero-order valence-electron chi connectivity index (χ0n) is 12.3. The number of nitrogens with one attached hydrogen (secondary N) is 1. The van der Waals surface area contributed by atoms with Gasteiger partial charge >= 0.3 is 0 Å². The van der Waals surface area contributed by atoms with Gasteiger partial charge in [-0.15, -0.1) is 0 Å². The second-order valence-electron chi connectivity index (χ2n) is 5.87. The van der Waals surface area contributed by atoms with Crippen LogP contribution in [0.2, 0.25) is 0 Å². The molecule has 0 bridgehead atoms. The Morgan fingerprint density at radius 1 is 1.43 bits per heavy atom. The van der Waals surface area contributed by atoms with Gasteiger partial charge in [-0.3, -0.25) is 0 Å². The zero-order chi connectivity index (χ0) is 14.8. The van der Waals surface area contributed by atoms with Crippen LogP contribution in [0.1, 0.15) is 38.2 Å². The van der Waals surface area contributed by atoms with Crippen molar-refractivity contribution in [1.82, 2.24) is 4.98 Å². The van der Waals surface area contributed by atoms with Gasteiger partial charge in [0.1, 0.15) is 10.8 Å². The Balaban J connectivity index is 1.92. The fourth-order valence-corrected chi connectivity index (χ4v) is 2.91. The van der Waals surface area contributed by atoms with Crippen molar-refractivity contribution >= 4 is 33.9 Å². The molecule has 1 saturated carbocycles. The van der Waals surface area contributed by atoms with Gasteiger partial charge in [-0.25, -0.2) is 4.98 Å².